The van der Waals surface area contributed by atoms with E-state index in [4.69, 9.17) is 16.7 Å². The molecule has 1 aromatic rings. The van der Waals surface area contributed by atoms with E-state index in [2.05, 4.69) is 10.6 Å². The molecule has 6 heteroatoms. The molecule has 98 valence electrons. The number of nitrogens with one attached hydrogen (secondary N) is 2. The molecule has 0 saturated carbocycles. The fraction of sp³-hybridized carbons (Fsp3) is 0.333. The summed E-state index contributed by atoms with van der Waals surface area (Å²) in [5.74, 6) is -0.726. The van der Waals surface area contributed by atoms with Gasteiger partial charge in [-0.1, -0.05) is 17.7 Å². The van der Waals surface area contributed by atoms with Crippen LogP contribution in [0, 0.1) is 0 Å². The third-order valence-corrected chi connectivity index (χ3v) is 2.33. The van der Waals surface area contributed by atoms with Crippen molar-refractivity contribution in [2.24, 2.45) is 0 Å². The number of aliphatic hydroxyl groups is 1. The Morgan fingerprint density at radius 3 is 2.72 bits per heavy atom. The largest absolute Gasteiger partial charge is 0.392 e. The summed E-state index contributed by atoms with van der Waals surface area (Å²) in [6.07, 6.45) is -0.613. The van der Waals surface area contributed by atoms with Gasteiger partial charge in [0.25, 0.3) is 5.91 Å². The van der Waals surface area contributed by atoms with Crippen molar-refractivity contribution in [3.05, 3.63) is 34.9 Å². The SMILES string of the molecule is CC(O)CNC(=O)CNC(=O)c1cccc(Cl)c1. The van der Waals surface area contributed by atoms with Crippen molar-refractivity contribution in [2.45, 2.75) is 13.0 Å². The van der Waals surface area contributed by atoms with Crippen molar-refractivity contribution in [1.29, 1.82) is 0 Å². The van der Waals surface area contributed by atoms with E-state index in [1.807, 2.05) is 0 Å². The molecular formula is C12H15ClN2O3. The van der Waals surface area contributed by atoms with Gasteiger partial charge < -0.3 is 15.7 Å². The number of carbonyl (C=O) groups is 2. The second kappa shape index (κ2) is 6.98. The quantitative estimate of drug-likeness (QED) is 0.732. The van der Waals surface area contributed by atoms with Crippen molar-refractivity contribution in [2.75, 3.05) is 13.1 Å². The first kappa shape index (κ1) is 14.5. The van der Waals surface area contributed by atoms with Crippen LogP contribution in [0.5, 0.6) is 0 Å². The number of carbonyl (C=O) groups excluding carboxylic acids is 2. The molecule has 0 bridgehead atoms. The van der Waals surface area contributed by atoms with E-state index in [1.165, 1.54) is 6.07 Å². The molecule has 0 aromatic heterocycles. The lowest BCUT2D eigenvalue weighted by Gasteiger charge is -2.08. The monoisotopic (exact) mass is 270 g/mol. The van der Waals surface area contributed by atoms with E-state index in [-0.39, 0.29) is 24.9 Å². The molecule has 0 aliphatic heterocycles. The molecule has 0 radical (unpaired) electrons. The van der Waals surface area contributed by atoms with Gasteiger partial charge in [0, 0.05) is 17.1 Å². The third kappa shape index (κ3) is 5.16. The van der Waals surface area contributed by atoms with E-state index in [0.717, 1.165) is 0 Å². The standard InChI is InChI=1S/C12H15ClN2O3/c1-8(16)6-14-11(17)7-15-12(18)9-3-2-4-10(13)5-9/h2-5,8,16H,6-7H2,1H3,(H,14,17)(H,15,18). The van der Waals surface area contributed by atoms with Crippen LogP contribution in [0.2, 0.25) is 5.02 Å². The highest BCUT2D eigenvalue weighted by atomic mass is 35.5. The first-order chi connectivity index (χ1) is 8.49. The summed E-state index contributed by atoms with van der Waals surface area (Å²) in [6, 6.07) is 6.44. The highest BCUT2D eigenvalue weighted by Crippen LogP contribution is 2.10. The number of rotatable bonds is 5. The van der Waals surface area contributed by atoms with Crippen molar-refractivity contribution < 1.29 is 14.7 Å². The summed E-state index contributed by atoms with van der Waals surface area (Å²) in [5, 5.41) is 14.4. The molecule has 0 saturated heterocycles. The maximum Gasteiger partial charge on any atom is 0.251 e. The van der Waals surface area contributed by atoms with Crippen LogP contribution >= 0.6 is 11.6 Å². The average molecular weight is 271 g/mol. The molecule has 1 aromatic carbocycles. The number of hydrogen-bond donors (Lipinski definition) is 3. The van der Waals surface area contributed by atoms with Gasteiger partial charge in [0.05, 0.1) is 12.6 Å². The van der Waals surface area contributed by atoms with Crippen LogP contribution < -0.4 is 10.6 Å². The molecule has 2 amide bonds. The van der Waals surface area contributed by atoms with E-state index in [9.17, 15) is 9.59 Å². The van der Waals surface area contributed by atoms with Crippen molar-refractivity contribution in [3.8, 4) is 0 Å². The first-order valence-corrected chi connectivity index (χ1v) is 5.85. The number of benzene rings is 1. The van der Waals surface area contributed by atoms with Gasteiger partial charge in [-0.15, -0.1) is 0 Å². The highest BCUT2D eigenvalue weighted by molar-refractivity contribution is 6.30. The molecule has 0 aliphatic rings. The van der Waals surface area contributed by atoms with Gasteiger partial charge in [-0.3, -0.25) is 9.59 Å². The van der Waals surface area contributed by atoms with E-state index >= 15 is 0 Å². The average Bonchev–Trinajstić information content (AvgIpc) is 2.33. The lowest BCUT2D eigenvalue weighted by Crippen LogP contribution is -2.39. The Hall–Kier alpha value is -1.59. The van der Waals surface area contributed by atoms with E-state index < -0.39 is 6.10 Å². The second-order valence-corrected chi connectivity index (χ2v) is 4.28. The third-order valence-electron chi connectivity index (χ3n) is 2.09. The minimum Gasteiger partial charge on any atom is -0.392 e. The summed E-state index contributed by atoms with van der Waals surface area (Å²) < 4.78 is 0. The predicted octanol–water partition coefficient (Wildman–Crippen LogP) is 0.567. The van der Waals surface area contributed by atoms with Crippen LogP contribution in [0.1, 0.15) is 17.3 Å². The van der Waals surface area contributed by atoms with Crippen molar-refractivity contribution >= 4 is 23.4 Å². The van der Waals surface area contributed by atoms with Gasteiger partial charge in [0.2, 0.25) is 5.91 Å². The van der Waals surface area contributed by atoms with Crippen molar-refractivity contribution in [1.82, 2.24) is 10.6 Å². The van der Waals surface area contributed by atoms with Gasteiger partial charge >= 0.3 is 0 Å². The molecule has 0 heterocycles. The van der Waals surface area contributed by atoms with Gasteiger partial charge in [0.15, 0.2) is 0 Å². The second-order valence-electron chi connectivity index (χ2n) is 3.85. The Bertz CT molecular complexity index is 435. The topological polar surface area (TPSA) is 78.4 Å². The zero-order valence-corrected chi connectivity index (χ0v) is 10.7. The normalized spacial score (nSPS) is 11.7. The van der Waals surface area contributed by atoms with Gasteiger partial charge in [-0.05, 0) is 25.1 Å². The number of halogens is 1. The number of hydrogen-bond acceptors (Lipinski definition) is 3. The van der Waals surface area contributed by atoms with Gasteiger partial charge in [-0.25, -0.2) is 0 Å². The van der Waals surface area contributed by atoms with Crippen LogP contribution in [0.25, 0.3) is 0 Å². The molecule has 1 atom stereocenters. The Morgan fingerprint density at radius 2 is 2.11 bits per heavy atom. The molecule has 0 spiro atoms. The molecule has 0 aliphatic carbocycles. The maximum atomic E-state index is 11.6. The zero-order valence-electron chi connectivity index (χ0n) is 9.94. The van der Waals surface area contributed by atoms with Crippen LogP contribution in [0.4, 0.5) is 0 Å². The Labute approximate surface area is 110 Å². The maximum absolute atomic E-state index is 11.6. The summed E-state index contributed by atoms with van der Waals surface area (Å²) in [6.45, 7) is 1.58. The summed E-state index contributed by atoms with van der Waals surface area (Å²) in [7, 11) is 0. The van der Waals surface area contributed by atoms with E-state index in [0.29, 0.717) is 10.6 Å². The fourth-order valence-electron chi connectivity index (χ4n) is 1.22. The first-order valence-electron chi connectivity index (χ1n) is 5.47. The molecule has 1 unspecified atom stereocenters. The molecule has 5 nitrogen and oxygen atoms in total. The van der Waals surface area contributed by atoms with Crippen LogP contribution in [0.3, 0.4) is 0 Å². The molecular weight excluding hydrogens is 256 g/mol. The lowest BCUT2D eigenvalue weighted by atomic mass is 10.2. The summed E-state index contributed by atoms with van der Waals surface area (Å²) >= 11 is 5.75. The van der Waals surface area contributed by atoms with Crippen LogP contribution in [-0.2, 0) is 4.79 Å². The molecule has 0 fully saturated rings. The summed E-state index contributed by atoms with van der Waals surface area (Å²) in [4.78, 5) is 22.9. The smallest absolute Gasteiger partial charge is 0.251 e. The Balaban J connectivity index is 2.39. The number of amides is 2. The van der Waals surface area contributed by atoms with Crippen LogP contribution in [-0.4, -0.2) is 36.1 Å². The molecule has 3 N–H and O–H groups in total. The van der Waals surface area contributed by atoms with Gasteiger partial charge in [-0.2, -0.15) is 0 Å². The zero-order chi connectivity index (χ0) is 13.5. The van der Waals surface area contributed by atoms with Crippen LogP contribution in [0.15, 0.2) is 24.3 Å². The van der Waals surface area contributed by atoms with Crippen molar-refractivity contribution in [3.63, 3.8) is 0 Å². The predicted molar refractivity (Wildman–Crippen MR) is 68.5 cm³/mol. The summed E-state index contributed by atoms with van der Waals surface area (Å²) in [5.41, 5.74) is 0.394. The lowest BCUT2D eigenvalue weighted by molar-refractivity contribution is -0.120. The van der Waals surface area contributed by atoms with Gasteiger partial charge in [0.1, 0.15) is 0 Å². The Kier molecular flexibility index (Phi) is 5.61. The minimum absolute atomic E-state index is 0.141. The molecule has 18 heavy (non-hydrogen) atoms. The highest BCUT2D eigenvalue weighted by Gasteiger charge is 2.08. The number of aliphatic hydroxyl groups excluding tert-OH is 1. The minimum atomic E-state index is -0.613. The fourth-order valence-corrected chi connectivity index (χ4v) is 1.41. The Morgan fingerprint density at radius 1 is 1.39 bits per heavy atom. The van der Waals surface area contributed by atoms with E-state index in [1.54, 1.807) is 25.1 Å². The molecule has 1 rings (SSSR count).